The van der Waals surface area contributed by atoms with Crippen molar-refractivity contribution in [1.29, 1.82) is 0 Å². The second-order valence-electron chi connectivity index (χ2n) is 7.03. The van der Waals surface area contributed by atoms with E-state index in [2.05, 4.69) is 4.98 Å². The van der Waals surface area contributed by atoms with Gasteiger partial charge in [0.2, 0.25) is 5.91 Å². The summed E-state index contributed by atoms with van der Waals surface area (Å²) in [6, 6.07) is 17.3. The van der Waals surface area contributed by atoms with Crippen molar-refractivity contribution in [3.63, 3.8) is 0 Å². The maximum Gasteiger partial charge on any atom is 0.266 e. The normalized spacial score (nSPS) is 23.2. The quantitative estimate of drug-likeness (QED) is 0.564. The number of nitrogens with zero attached hydrogens (tertiary/aromatic N) is 3. The molecule has 150 valence electrons. The van der Waals surface area contributed by atoms with E-state index in [0.717, 1.165) is 16.2 Å². The number of benzene rings is 2. The number of amides is 2. The molecule has 2 aliphatic heterocycles. The average molecular weight is 440 g/mol. The molecule has 0 aliphatic carbocycles. The van der Waals surface area contributed by atoms with E-state index in [4.69, 9.17) is 28.0 Å². The lowest BCUT2D eigenvalue weighted by molar-refractivity contribution is -0.126. The second kappa shape index (κ2) is 7.40. The first-order chi connectivity index (χ1) is 14.6. The molecular formula is C22H15Cl2N3O3. The second-order valence-corrected chi connectivity index (χ2v) is 7.84. The predicted molar refractivity (Wildman–Crippen MR) is 113 cm³/mol. The maximum atomic E-state index is 13.5. The molecule has 0 bridgehead atoms. The summed E-state index contributed by atoms with van der Waals surface area (Å²) in [5.41, 5.74) is 1.69. The summed E-state index contributed by atoms with van der Waals surface area (Å²) in [4.78, 5) is 38.1. The molecule has 1 aromatic heterocycles. The van der Waals surface area contributed by atoms with Crippen LogP contribution in [0.1, 0.15) is 11.6 Å². The van der Waals surface area contributed by atoms with Gasteiger partial charge in [0.1, 0.15) is 5.92 Å². The van der Waals surface area contributed by atoms with Crippen molar-refractivity contribution in [2.45, 2.75) is 12.1 Å². The number of pyridine rings is 1. The fourth-order valence-corrected chi connectivity index (χ4v) is 4.59. The summed E-state index contributed by atoms with van der Waals surface area (Å²) in [5, 5.41) is 2.07. The first kappa shape index (κ1) is 19.1. The molecule has 3 atom stereocenters. The topological polar surface area (TPSA) is 62.7 Å². The summed E-state index contributed by atoms with van der Waals surface area (Å²) >= 11 is 12.6. The third-order valence-corrected chi connectivity index (χ3v) is 5.92. The van der Waals surface area contributed by atoms with Crippen LogP contribution in [0.5, 0.6) is 0 Å². The molecular weight excluding hydrogens is 425 g/mol. The fraction of sp³-hybridized carbons (Fsp3) is 0.136. The van der Waals surface area contributed by atoms with Crippen molar-refractivity contribution in [3.05, 3.63) is 88.7 Å². The Kier molecular flexibility index (Phi) is 4.70. The van der Waals surface area contributed by atoms with Gasteiger partial charge in [-0.2, -0.15) is 0 Å². The average Bonchev–Trinajstić information content (AvgIpc) is 3.27. The Morgan fingerprint density at radius 1 is 0.867 bits per heavy atom. The van der Waals surface area contributed by atoms with Gasteiger partial charge in [-0.1, -0.05) is 53.5 Å². The van der Waals surface area contributed by atoms with E-state index >= 15 is 0 Å². The van der Waals surface area contributed by atoms with E-state index < -0.39 is 29.9 Å². The predicted octanol–water partition coefficient (Wildman–Crippen LogP) is 4.44. The summed E-state index contributed by atoms with van der Waals surface area (Å²) in [6.45, 7) is 0. The first-order valence-corrected chi connectivity index (χ1v) is 10.1. The molecule has 3 heterocycles. The molecule has 0 saturated carbocycles. The standard InChI is InChI=1S/C22H15Cl2N3O3/c23-15-9-4-10-16(24)19(15)26-21(28)17-18(13-6-5-11-25-12-13)27(30-20(17)22(26)29)14-7-2-1-3-8-14/h1-12,17-18,20H/t17-,18+,20+/m0/s1. The Labute approximate surface area is 182 Å². The van der Waals surface area contributed by atoms with Crippen LogP contribution in [0.25, 0.3) is 0 Å². The fourth-order valence-electron chi connectivity index (χ4n) is 4.03. The third kappa shape index (κ3) is 2.88. The van der Waals surface area contributed by atoms with Gasteiger partial charge < -0.3 is 0 Å². The summed E-state index contributed by atoms with van der Waals surface area (Å²) in [6.07, 6.45) is 2.34. The SMILES string of the molecule is O=C1[C@H]2[C@@H](c3cccnc3)N(c3ccccc3)O[C@H]2C(=O)N1c1c(Cl)cccc1Cl. The molecule has 2 amide bonds. The van der Waals surface area contributed by atoms with Gasteiger partial charge in [-0.05, 0) is 35.9 Å². The van der Waals surface area contributed by atoms with E-state index in [-0.39, 0.29) is 15.7 Å². The third-order valence-electron chi connectivity index (χ3n) is 5.31. The van der Waals surface area contributed by atoms with Crippen LogP contribution in [0.2, 0.25) is 10.0 Å². The van der Waals surface area contributed by atoms with Crippen molar-refractivity contribution < 1.29 is 14.4 Å². The molecule has 2 saturated heterocycles. The van der Waals surface area contributed by atoms with Gasteiger partial charge in [-0.3, -0.25) is 19.4 Å². The molecule has 8 heteroatoms. The molecule has 2 fully saturated rings. The minimum Gasteiger partial charge on any atom is -0.273 e. The lowest BCUT2D eigenvalue weighted by Crippen LogP contribution is -2.37. The number of hydrogen-bond acceptors (Lipinski definition) is 5. The number of hydroxylamine groups is 1. The number of halogens is 2. The highest BCUT2D eigenvalue weighted by Gasteiger charge is 2.60. The highest BCUT2D eigenvalue weighted by molar-refractivity contribution is 6.42. The largest absolute Gasteiger partial charge is 0.273 e. The lowest BCUT2D eigenvalue weighted by Gasteiger charge is -2.28. The summed E-state index contributed by atoms with van der Waals surface area (Å²) in [5.74, 6) is -1.67. The zero-order chi connectivity index (χ0) is 20.8. The Balaban J connectivity index is 1.61. The Hall–Kier alpha value is -2.93. The number of hydrogen-bond donors (Lipinski definition) is 0. The molecule has 0 N–H and O–H groups in total. The van der Waals surface area contributed by atoms with Crippen molar-refractivity contribution in [1.82, 2.24) is 4.98 Å². The van der Waals surface area contributed by atoms with Crippen LogP contribution >= 0.6 is 23.2 Å². The van der Waals surface area contributed by atoms with Crippen molar-refractivity contribution in [3.8, 4) is 0 Å². The van der Waals surface area contributed by atoms with E-state index in [1.54, 1.807) is 41.7 Å². The number of rotatable bonds is 3. The number of carbonyl (C=O) groups excluding carboxylic acids is 2. The minimum absolute atomic E-state index is 0.185. The zero-order valence-corrected chi connectivity index (χ0v) is 17.0. The van der Waals surface area contributed by atoms with Crippen molar-refractivity contribution in [2.75, 3.05) is 9.96 Å². The van der Waals surface area contributed by atoms with Gasteiger partial charge in [0.15, 0.2) is 6.10 Å². The van der Waals surface area contributed by atoms with E-state index in [0.29, 0.717) is 0 Å². The number of carbonyl (C=O) groups is 2. The highest BCUT2D eigenvalue weighted by Crippen LogP contribution is 2.49. The van der Waals surface area contributed by atoms with Crippen LogP contribution in [0.15, 0.2) is 73.1 Å². The molecule has 2 aliphatic rings. The van der Waals surface area contributed by atoms with Crippen LogP contribution in [-0.4, -0.2) is 22.9 Å². The first-order valence-electron chi connectivity index (χ1n) is 9.30. The molecule has 6 nitrogen and oxygen atoms in total. The van der Waals surface area contributed by atoms with Crippen LogP contribution in [0, 0.1) is 5.92 Å². The molecule has 30 heavy (non-hydrogen) atoms. The van der Waals surface area contributed by atoms with Gasteiger partial charge in [0, 0.05) is 12.4 Å². The summed E-state index contributed by atoms with van der Waals surface area (Å²) in [7, 11) is 0. The van der Waals surface area contributed by atoms with E-state index in [9.17, 15) is 9.59 Å². The van der Waals surface area contributed by atoms with Gasteiger partial charge in [0.05, 0.1) is 27.5 Å². The van der Waals surface area contributed by atoms with Gasteiger partial charge in [0.25, 0.3) is 5.91 Å². The summed E-state index contributed by atoms with van der Waals surface area (Å²) < 4.78 is 0. The van der Waals surface area contributed by atoms with Gasteiger partial charge >= 0.3 is 0 Å². The zero-order valence-electron chi connectivity index (χ0n) is 15.5. The number of anilines is 2. The van der Waals surface area contributed by atoms with Crippen LogP contribution in [0.4, 0.5) is 11.4 Å². The van der Waals surface area contributed by atoms with Gasteiger partial charge in [-0.25, -0.2) is 9.96 Å². The molecule has 0 radical (unpaired) electrons. The van der Waals surface area contributed by atoms with Crippen molar-refractivity contribution in [2.24, 2.45) is 5.92 Å². The van der Waals surface area contributed by atoms with E-state index in [1.165, 1.54) is 0 Å². The number of aromatic nitrogens is 1. The maximum absolute atomic E-state index is 13.5. The monoisotopic (exact) mass is 439 g/mol. The Morgan fingerprint density at radius 2 is 1.60 bits per heavy atom. The molecule has 2 aromatic carbocycles. The van der Waals surface area contributed by atoms with Gasteiger partial charge in [-0.15, -0.1) is 0 Å². The number of para-hydroxylation sites is 2. The molecule has 0 spiro atoms. The van der Waals surface area contributed by atoms with Crippen molar-refractivity contribution >= 4 is 46.4 Å². The lowest BCUT2D eigenvalue weighted by atomic mass is 9.91. The van der Waals surface area contributed by atoms with Crippen LogP contribution in [-0.2, 0) is 14.4 Å². The number of imide groups is 1. The Bertz CT molecular complexity index is 1110. The number of fused-ring (bicyclic) bond motifs is 1. The highest BCUT2D eigenvalue weighted by atomic mass is 35.5. The Morgan fingerprint density at radius 3 is 2.27 bits per heavy atom. The molecule has 5 rings (SSSR count). The minimum atomic E-state index is -0.991. The van der Waals surface area contributed by atoms with Crippen LogP contribution in [0.3, 0.4) is 0 Å². The van der Waals surface area contributed by atoms with E-state index in [1.807, 2.05) is 36.4 Å². The smallest absolute Gasteiger partial charge is 0.266 e. The van der Waals surface area contributed by atoms with Crippen LogP contribution < -0.4 is 9.96 Å². The molecule has 3 aromatic rings. The molecule has 0 unspecified atom stereocenters.